The molecule has 3 aliphatic rings. The van der Waals surface area contributed by atoms with E-state index in [2.05, 4.69) is 33.5 Å². The summed E-state index contributed by atoms with van der Waals surface area (Å²) in [6, 6.07) is 6.08. The van der Waals surface area contributed by atoms with Crippen LogP contribution in [0.1, 0.15) is 23.1 Å². The van der Waals surface area contributed by atoms with Crippen LogP contribution in [0.2, 0.25) is 0 Å². The van der Waals surface area contributed by atoms with Crippen molar-refractivity contribution in [2.45, 2.75) is 25.7 Å². The smallest absolute Gasteiger partial charge is 0.210 e. The Morgan fingerprint density at radius 2 is 2.00 bits per heavy atom. The molecule has 4 nitrogen and oxygen atoms in total. The molecular weight excluding hydrogens is 310 g/mol. The van der Waals surface area contributed by atoms with Gasteiger partial charge in [0.05, 0.1) is 17.8 Å². The summed E-state index contributed by atoms with van der Waals surface area (Å²) < 4.78 is 2.13. The summed E-state index contributed by atoms with van der Waals surface area (Å²) in [5, 5.41) is 0. The SMILES string of the molecule is CN(C)CC#CCc1ccc2n3ccc4c3c(cnc-2c1=O)CCC4. The monoisotopic (exact) mass is 331 g/mol. The van der Waals surface area contributed by atoms with Crippen LogP contribution in [0.4, 0.5) is 0 Å². The Morgan fingerprint density at radius 3 is 2.84 bits per heavy atom. The van der Waals surface area contributed by atoms with Crippen molar-refractivity contribution in [1.82, 2.24) is 14.3 Å². The van der Waals surface area contributed by atoms with E-state index in [1.807, 2.05) is 37.3 Å². The molecular formula is C21H21N3O. The first-order valence-electron chi connectivity index (χ1n) is 8.69. The lowest BCUT2D eigenvalue weighted by Gasteiger charge is -2.10. The molecule has 1 aromatic rings. The number of fused-ring (bicyclic) bond motifs is 2. The second kappa shape index (κ2) is 6.34. The van der Waals surface area contributed by atoms with Gasteiger partial charge >= 0.3 is 0 Å². The molecule has 0 amide bonds. The quantitative estimate of drug-likeness (QED) is 0.677. The van der Waals surface area contributed by atoms with Crippen LogP contribution < -0.4 is 5.43 Å². The number of rotatable bonds is 2. The topological polar surface area (TPSA) is 37.6 Å². The molecule has 25 heavy (non-hydrogen) atoms. The van der Waals surface area contributed by atoms with Gasteiger partial charge in [0.1, 0.15) is 5.69 Å². The van der Waals surface area contributed by atoms with Gasteiger partial charge in [0.15, 0.2) is 0 Å². The Hall–Kier alpha value is -2.64. The van der Waals surface area contributed by atoms with Gasteiger partial charge < -0.3 is 4.40 Å². The summed E-state index contributed by atoms with van der Waals surface area (Å²) in [5.74, 6) is 6.18. The number of benzene rings is 1. The fourth-order valence-electron chi connectivity index (χ4n) is 3.52. The lowest BCUT2D eigenvalue weighted by molar-refractivity contribution is 0.463. The highest BCUT2D eigenvalue weighted by molar-refractivity contribution is 5.70. The van der Waals surface area contributed by atoms with Gasteiger partial charge in [-0.3, -0.25) is 14.7 Å². The summed E-state index contributed by atoms with van der Waals surface area (Å²) >= 11 is 0. The fraction of sp³-hybridized carbons (Fsp3) is 0.333. The largest absolute Gasteiger partial charge is 0.314 e. The average Bonchev–Trinajstić information content (AvgIpc) is 2.95. The zero-order chi connectivity index (χ0) is 17.4. The maximum atomic E-state index is 12.9. The van der Waals surface area contributed by atoms with Crippen LogP contribution >= 0.6 is 0 Å². The molecule has 0 atom stereocenters. The lowest BCUT2D eigenvalue weighted by atomic mass is 9.98. The van der Waals surface area contributed by atoms with E-state index in [-0.39, 0.29) is 5.43 Å². The van der Waals surface area contributed by atoms with Crippen molar-refractivity contribution in [3.63, 3.8) is 0 Å². The van der Waals surface area contributed by atoms with E-state index < -0.39 is 0 Å². The molecule has 0 saturated heterocycles. The predicted octanol–water partition coefficient (Wildman–Crippen LogP) is 2.40. The Kier molecular flexibility index (Phi) is 4.03. The van der Waals surface area contributed by atoms with Crippen molar-refractivity contribution in [3.8, 4) is 23.2 Å². The number of hydrogen-bond donors (Lipinski definition) is 0. The van der Waals surface area contributed by atoms with Crippen LogP contribution in [0.15, 0.2) is 35.4 Å². The maximum Gasteiger partial charge on any atom is 0.210 e. The second-order valence-corrected chi connectivity index (χ2v) is 6.89. The molecule has 0 unspecified atom stereocenters. The van der Waals surface area contributed by atoms with Crippen molar-refractivity contribution in [2.24, 2.45) is 0 Å². The summed E-state index contributed by atoms with van der Waals surface area (Å²) in [7, 11) is 3.96. The normalized spacial score (nSPS) is 13.2. The third-order valence-corrected chi connectivity index (χ3v) is 4.77. The molecule has 0 radical (unpaired) electrons. The van der Waals surface area contributed by atoms with Crippen LogP contribution in [0.3, 0.4) is 0 Å². The van der Waals surface area contributed by atoms with Crippen LogP contribution in [0.5, 0.6) is 0 Å². The van der Waals surface area contributed by atoms with Gasteiger partial charge in [-0.15, -0.1) is 0 Å². The van der Waals surface area contributed by atoms with Gasteiger partial charge in [-0.05, 0) is 56.6 Å². The second-order valence-electron chi connectivity index (χ2n) is 6.89. The van der Waals surface area contributed by atoms with Crippen molar-refractivity contribution in [1.29, 1.82) is 0 Å². The third kappa shape index (κ3) is 2.81. The van der Waals surface area contributed by atoms with Crippen molar-refractivity contribution in [3.05, 3.63) is 57.5 Å². The number of aromatic nitrogens is 2. The molecule has 4 rings (SSSR count). The van der Waals surface area contributed by atoms with Gasteiger partial charge in [-0.25, -0.2) is 0 Å². The van der Waals surface area contributed by atoms with Crippen LogP contribution in [0.25, 0.3) is 16.9 Å². The summed E-state index contributed by atoms with van der Waals surface area (Å²) in [6.45, 7) is 0.700. The first-order chi connectivity index (χ1) is 12.1. The summed E-state index contributed by atoms with van der Waals surface area (Å²) in [5.41, 5.74) is 5.94. The molecule has 2 heterocycles. The van der Waals surface area contributed by atoms with E-state index in [1.165, 1.54) is 16.6 Å². The van der Waals surface area contributed by atoms with E-state index >= 15 is 0 Å². The van der Waals surface area contributed by atoms with E-state index in [0.717, 1.165) is 30.5 Å². The highest BCUT2D eigenvalue weighted by Gasteiger charge is 2.19. The molecule has 0 N–H and O–H groups in total. The van der Waals surface area contributed by atoms with Gasteiger partial charge in [0.2, 0.25) is 5.43 Å². The molecule has 4 heteroatoms. The van der Waals surface area contributed by atoms with Crippen LogP contribution in [-0.4, -0.2) is 34.9 Å². The number of aryl methyl sites for hydroxylation is 2. The van der Waals surface area contributed by atoms with Crippen molar-refractivity contribution >= 4 is 5.52 Å². The Morgan fingerprint density at radius 1 is 1.16 bits per heavy atom. The van der Waals surface area contributed by atoms with E-state index in [4.69, 9.17) is 0 Å². The predicted molar refractivity (Wildman–Crippen MR) is 100 cm³/mol. The Bertz CT molecular complexity index is 1040. The highest BCUT2D eigenvalue weighted by Crippen LogP contribution is 2.28. The molecule has 0 spiro atoms. The highest BCUT2D eigenvalue weighted by atomic mass is 16.1. The maximum absolute atomic E-state index is 12.9. The fourth-order valence-corrected chi connectivity index (χ4v) is 3.52. The minimum atomic E-state index is -0.00500. The minimum absolute atomic E-state index is 0.00500. The minimum Gasteiger partial charge on any atom is -0.314 e. The molecule has 2 aliphatic carbocycles. The third-order valence-electron chi connectivity index (χ3n) is 4.77. The lowest BCUT2D eigenvalue weighted by Crippen LogP contribution is -2.14. The number of nitrogens with zero attached hydrogens (tertiary/aromatic N) is 3. The average molecular weight is 331 g/mol. The van der Waals surface area contributed by atoms with Gasteiger partial charge in [0.25, 0.3) is 0 Å². The Labute approximate surface area is 147 Å². The zero-order valence-electron chi connectivity index (χ0n) is 14.7. The molecule has 0 bridgehead atoms. The van der Waals surface area contributed by atoms with E-state index in [9.17, 15) is 4.79 Å². The molecule has 1 aromatic heterocycles. The molecule has 126 valence electrons. The molecule has 0 fully saturated rings. The van der Waals surface area contributed by atoms with Crippen molar-refractivity contribution in [2.75, 3.05) is 20.6 Å². The van der Waals surface area contributed by atoms with Crippen LogP contribution in [0, 0.1) is 11.8 Å². The first-order valence-corrected chi connectivity index (χ1v) is 8.69. The van der Waals surface area contributed by atoms with Crippen molar-refractivity contribution < 1.29 is 0 Å². The zero-order valence-corrected chi connectivity index (χ0v) is 14.7. The van der Waals surface area contributed by atoms with E-state index in [1.54, 1.807) is 0 Å². The van der Waals surface area contributed by atoms with Crippen LogP contribution in [-0.2, 0) is 19.3 Å². The summed E-state index contributed by atoms with van der Waals surface area (Å²) in [4.78, 5) is 19.5. The molecule has 1 aliphatic heterocycles. The summed E-state index contributed by atoms with van der Waals surface area (Å²) in [6.07, 6.45) is 7.69. The van der Waals surface area contributed by atoms with Gasteiger partial charge in [0, 0.05) is 24.4 Å². The molecule has 0 saturated carbocycles. The Balaban J connectivity index is 1.84. The van der Waals surface area contributed by atoms with E-state index in [0.29, 0.717) is 18.7 Å². The van der Waals surface area contributed by atoms with Gasteiger partial charge in [-0.1, -0.05) is 17.9 Å². The van der Waals surface area contributed by atoms with Gasteiger partial charge in [-0.2, -0.15) is 0 Å². The standard InChI is InChI=1S/C21H21N3O/c1-23(2)12-4-3-6-16-9-10-18-19(21(16)25)22-14-17-8-5-7-15-11-13-24(18)20(15)17/h9-11,13-14H,5-8,12H2,1-2H3. The molecule has 0 aromatic carbocycles. The number of hydrogen-bond acceptors (Lipinski definition) is 3. The first kappa shape index (κ1) is 15.9.